The molecule has 0 radical (unpaired) electrons. The molecular weight excluding hydrogens is 388 g/mol. The van der Waals surface area contributed by atoms with Gasteiger partial charge in [-0.05, 0) is 61.1 Å². The van der Waals surface area contributed by atoms with Gasteiger partial charge in [0, 0.05) is 31.8 Å². The zero-order valence-electron chi connectivity index (χ0n) is 16.9. The van der Waals surface area contributed by atoms with Crippen molar-refractivity contribution in [1.82, 2.24) is 19.7 Å². The number of hydrogen-bond acceptors (Lipinski definition) is 4. The first-order valence-corrected chi connectivity index (χ1v) is 9.89. The van der Waals surface area contributed by atoms with E-state index in [0.29, 0.717) is 11.9 Å². The molecule has 156 valence electrons. The normalized spacial score (nSPS) is 14.7. The Kier molecular flexibility index (Phi) is 5.48. The maximum atomic E-state index is 13.5. The largest absolute Gasteiger partial charge is 0.343 e. The van der Waals surface area contributed by atoms with E-state index in [9.17, 15) is 13.6 Å². The number of piperidine rings is 1. The Bertz CT molecular complexity index is 1050. The van der Waals surface area contributed by atoms with Crippen LogP contribution in [0.3, 0.4) is 0 Å². The first-order valence-electron chi connectivity index (χ1n) is 9.89. The summed E-state index contributed by atoms with van der Waals surface area (Å²) in [6, 6.07) is 9.44. The van der Waals surface area contributed by atoms with Crippen LogP contribution in [0, 0.1) is 18.6 Å². The number of likely N-dealkylation sites (tertiary alicyclic amines) is 1. The van der Waals surface area contributed by atoms with Crippen molar-refractivity contribution in [2.75, 3.05) is 18.4 Å². The fraction of sp³-hybridized carbons (Fsp3) is 0.318. The van der Waals surface area contributed by atoms with Crippen molar-refractivity contribution in [2.45, 2.75) is 32.6 Å². The van der Waals surface area contributed by atoms with Gasteiger partial charge in [-0.3, -0.25) is 4.79 Å². The number of carbonyl (C=O) groups excluding carboxylic acids is 1. The molecule has 0 saturated carbocycles. The minimum atomic E-state index is -0.672. The molecule has 2 heterocycles. The van der Waals surface area contributed by atoms with Crippen LogP contribution in [0.15, 0.2) is 42.7 Å². The fourth-order valence-electron chi connectivity index (χ4n) is 3.89. The smallest absolute Gasteiger partial charge is 0.246 e. The minimum Gasteiger partial charge on any atom is -0.343 e. The summed E-state index contributed by atoms with van der Waals surface area (Å²) in [4.78, 5) is 17.6. The average Bonchev–Trinajstić information content (AvgIpc) is 3.15. The number of rotatable bonds is 4. The van der Waals surface area contributed by atoms with Gasteiger partial charge in [0.1, 0.15) is 18.0 Å². The highest BCUT2D eigenvalue weighted by atomic mass is 19.1. The van der Waals surface area contributed by atoms with Gasteiger partial charge in [0.05, 0.1) is 5.69 Å². The van der Waals surface area contributed by atoms with Crippen LogP contribution in [0.4, 0.5) is 20.4 Å². The summed E-state index contributed by atoms with van der Waals surface area (Å²) in [6.45, 7) is 5.18. The summed E-state index contributed by atoms with van der Waals surface area (Å²) < 4.78 is 28.2. The lowest BCUT2D eigenvalue weighted by molar-refractivity contribution is -0.129. The Balaban J connectivity index is 1.50. The van der Waals surface area contributed by atoms with Crippen LogP contribution in [0.25, 0.3) is 5.69 Å². The van der Waals surface area contributed by atoms with Crippen LogP contribution < -0.4 is 5.32 Å². The van der Waals surface area contributed by atoms with E-state index in [4.69, 9.17) is 0 Å². The molecule has 1 aromatic heterocycles. The third-order valence-corrected chi connectivity index (χ3v) is 5.37. The van der Waals surface area contributed by atoms with Gasteiger partial charge in [0.15, 0.2) is 0 Å². The van der Waals surface area contributed by atoms with Crippen molar-refractivity contribution >= 4 is 17.5 Å². The molecule has 8 heteroatoms. The maximum Gasteiger partial charge on any atom is 0.246 e. The van der Waals surface area contributed by atoms with Crippen molar-refractivity contribution in [3.8, 4) is 5.69 Å². The molecule has 1 N–H and O–H groups in total. The number of nitrogens with zero attached hydrogens (tertiary/aromatic N) is 4. The maximum absolute atomic E-state index is 13.5. The number of carbonyl (C=O) groups is 1. The number of benzene rings is 2. The molecule has 1 saturated heterocycles. The van der Waals surface area contributed by atoms with Crippen LogP contribution in [-0.4, -0.2) is 38.7 Å². The Morgan fingerprint density at radius 1 is 1.07 bits per heavy atom. The molecule has 1 fully saturated rings. The van der Waals surface area contributed by atoms with Gasteiger partial charge >= 0.3 is 0 Å². The van der Waals surface area contributed by atoms with Gasteiger partial charge in [0.25, 0.3) is 0 Å². The third-order valence-electron chi connectivity index (χ3n) is 5.37. The highest BCUT2D eigenvalue weighted by Crippen LogP contribution is 2.31. The van der Waals surface area contributed by atoms with E-state index in [-0.39, 0.29) is 11.6 Å². The number of anilines is 2. The summed E-state index contributed by atoms with van der Waals surface area (Å²) in [6.07, 6.45) is 3.27. The monoisotopic (exact) mass is 411 g/mol. The summed E-state index contributed by atoms with van der Waals surface area (Å²) in [7, 11) is 0. The topological polar surface area (TPSA) is 63.1 Å². The van der Waals surface area contributed by atoms with Crippen molar-refractivity contribution in [3.05, 3.63) is 65.5 Å². The van der Waals surface area contributed by atoms with Crippen molar-refractivity contribution in [2.24, 2.45) is 0 Å². The number of hydrogen-bond donors (Lipinski definition) is 1. The SMILES string of the molecule is CC(=O)N1CCC(c2cc(C)cc(Nc3ncn(-c4cc(F)cc(F)c4)n3)c2)CC1. The molecule has 0 unspecified atom stereocenters. The van der Waals surface area contributed by atoms with Gasteiger partial charge in [0.2, 0.25) is 11.9 Å². The number of aryl methyl sites for hydroxylation is 1. The molecule has 0 atom stereocenters. The van der Waals surface area contributed by atoms with Crippen molar-refractivity contribution < 1.29 is 13.6 Å². The van der Waals surface area contributed by atoms with E-state index >= 15 is 0 Å². The summed E-state index contributed by atoms with van der Waals surface area (Å²) >= 11 is 0. The third kappa shape index (κ3) is 4.48. The Labute approximate surface area is 173 Å². The summed E-state index contributed by atoms with van der Waals surface area (Å²) in [5, 5.41) is 7.45. The van der Waals surface area contributed by atoms with E-state index in [1.54, 1.807) is 6.92 Å². The highest BCUT2D eigenvalue weighted by Gasteiger charge is 2.22. The zero-order valence-corrected chi connectivity index (χ0v) is 16.9. The Morgan fingerprint density at radius 3 is 2.43 bits per heavy atom. The Hall–Kier alpha value is -3.29. The highest BCUT2D eigenvalue weighted by molar-refractivity contribution is 5.73. The molecule has 3 aromatic rings. The van der Waals surface area contributed by atoms with Crippen LogP contribution in [0.2, 0.25) is 0 Å². The number of halogens is 2. The van der Waals surface area contributed by atoms with Gasteiger partial charge in [-0.1, -0.05) is 6.07 Å². The first-order chi connectivity index (χ1) is 14.4. The molecule has 6 nitrogen and oxygen atoms in total. The molecular formula is C22H23F2N5O. The van der Waals surface area contributed by atoms with Gasteiger partial charge < -0.3 is 10.2 Å². The number of aromatic nitrogens is 3. The van der Waals surface area contributed by atoms with E-state index in [2.05, 4.69) is 27.5 Å². The predicted octanol–water partition coefficient (Wildman–Crippen LogP) is 4.32. The zero-order chi connectivity index (χ0) is 21.3. The molecule has 1 aliphatic rings. The Morgan fingerprint density at radius 2 is 1.77 bits per heavy atom. The molecule has 0 spiro atoms. The van der Waals surface area contributed by atoms with Crippen molar-refractivity contribution in [1.29, 1.82) is 0 Å². The average molecular weight is 411 g/mol. The van der Waals surface area contributed by atoms with E-state index in [1.165, 1.54) is 28.7 Å². The van der Waals surface area contributed by atoms with Crippen LogP contribution >= 0.6 is 0 Å². The molecule has 0 bridgehead atoms. The number of amides is 1. The number of nitrogens with one attached hydrogen (secondary N) is 1. The van der Waals surface area contributed by atoms with E-state index in [1.807, 2.05) is 17.9 Å². The standard InChI is InChI=1S/C22H23F2N5O/c1-14-7-17(16-3-5-28(6-4-16)15(2)30)9-20(8-14)26-22-25-13-29(27-22)21-11-18(23)10-19(24)12-21/h7-13,16H,3-6H2,1-2H3,(H,26,27). The van der Waals surface area contributed by atoms with E-state index < -0.39 is 11.6 Å². The molecule has 1 amide bonds. The lowest BCUT2D eigenvalue weighted by Crippen LogP contribution is -2.36. The molecule has 2 aromatic carbocycles. The quantitative estimate of drug-likeness (QED) is 0.694. The van der Waals surface area contributed by atoms with Crippen LogP contribution in [0.1, 0.15) is 36.8 Å². The predicted molar refractivity (Wildman–Crippen MR) is 110 cm³/mol. The van der Waals surface area contributed by atoms with Gasteiger partial charge in [-0.15, -0.1) is 5.10 Å². The molecule has 1 aliphatic heterocycles. The second-order valence-electron chi connectivity index (χ2n) is 7.68. The van der Waals surface area contributed by atoms with Crippen LogP contribution in [0.5, 0.6) is 0 Å². The molecule has 4 rings (SSSR count). The van der Waals surface area contributed by atoms with Gasteiger partial charge in [-0.2, -0.15) is 4.98 Å². The van der Waals surface area contributed by atoms with Crippen molar-refractivity contribution in [3.63, 3.8) is 0 Å². The van der Waals surface area contributed by atoms with Gasteiger partial charge in [-0.25, -0.2) is 13.5 Å². The molecule has 0 aliphatic carbocycles. The fourth-order valence-corrected chi connectivity index (χ4v) is 3.89. The summed E-state index contributed by atoms with van der Waals surface area (Å²) in [5.41, 5.74) is 3.43. The van der Waals surface area contributed by atoms with Crippen LogP contribution in [-0.2, 0) is 4.79 Å². The lowest BCUT2D eigenvalue weighted by Gasteiger charge is -2.31. The second kappa shape index (κ2) is 8.22. The molecule has 30 heavy (non-hydrogen) atoms. The minimum absolute atomic E-state index is 0.125. The summed E-state index contributed by atoms with van der Waals surface area (Å²) in [5.74, 6) is -0.493. The second-order valence-corrected chi connectivity index (χ2v) is 7.68. The first kappa shape index (κ1) is 20.0. The van der Waals surface area contributed by atoms with E-state index in [0.717, 1.165) is 43.2 Å². The lowest BCUT2D eigenvalue weighted by atomic mass is 9.88.